The van der Waals surface area contributed by atoms with Crippen LogP contribution < -0.4 is 13.6 Å². The van der Waals surface area contributed by atoms with E-state index < -0.39 is 6.72 Å². The van der Waals surface area contributed by atoms with Crippen molar-refractivity contribution in [1.29, 1.82) is 0 Å². The van der Waals surface area contributed by atoms with Crippen LogP contribution in [0.4, 0.5) is 0 Å². The number of para-hydroxylation sites is 3. The molecule has 0 atom stereocenters. The van der Waals surface area contributed by atoms with Crippen LogP contribution in [0, 0.1) is 0 Å². The predicted octanol–water partition coefficient (Wildman–Crippen LogP) is 9.48. The van der Waals surface area contributed by atoms with Crippen LogP contribution in [-0.4, -0.2) is 0 Å². The molecule has 3 nitrogen and oxygen atoms in total. The second-order valence-corrected chi connectivity index (χ2v) is 11.6. The van der Waals surface area contributed by atoms with Gasteiger partial charge in [0.1, 0.15) is 17.2 Å². The van der Waals surface area contributed by atoms with E-state index in [-0.39, 0.29) is 0 Å². The summed E-state index contributed by atoms with van der Waals surface area (Å²) in [6, 6.07) is 24.3. The van der Waals surface area contributed by atoms with Crippen molar-refractivity contribution in [3.05, 3.63) is 89.5 Å². The largest absolute Gasteiger partial charge is 0.490 e. The highest BCUT2D eigenvalue weighted by Gasteiger charge is 2.29. The Morgan fingerprint density at radius 2 is 0.800 bits per heavy atom. The lowest BCUT2D eigenvalue weighted by Gasteiger charge is -2.26. The van der Waals surface area contributed by atoms with Crippen molar-refractivity contribution in [2.75, 3.05) is 0 Å². The first-order valence-electron chi connectivity index (χ1n) is 13.0. The van der Waals surface area contributed by atoms with Gasteiger partial charge in [-0.2, -0.15) is 0 Å². The van der Waals surface area contributed by atoms with Crippen LogP contribution in [0.1, 0.15) is 76.0 Å². The van der Waals surface area contributed by atoms with Gasteiger partial charge in [0.05, 0.1) is 0 Å². The molecule has 3 aromatic carbocycles. The van der Waals surface area contributed by atoms with Gasteiger partial charge in [-0.1, -0.05) is 94.6 Å². The fraction of sp³-hybridized carbons (Fsp3) is 0.400. The van der Waals surface area contributed by atoms with Crippen molar-refractivity contribution in [2.24, 2.45) is 0 Å². The molecule has 0 radical (unpaired) electrons. The summed E-state index contributed by atoms with van der Waals surface area (Å²) in [5, 5.41) is 0. The molecule has 0 fully saturated rings. The van der Waals surface area contributed by atoms with Gasteiger partial charge in [-0.25, -0.2) is 0 Å². The maximum Gasteiger partial charge on any atom is 0.490 e. The first-order valence-corrected chi connectivity index (χ1v) is 15.6. The maximum absolute atomic E-state index is 6.54. The van der Waals surface area contributed by atoms with Gasteiger partial charge in [0.2, 0.25) is 0 Å². The molecule has 0 aromatic heterocycles. The third-order valence-electron chi connectivity index (χ3n) is 5.95. The number of hydrogen-bond acceptors (Lipinski definition) is 4. The first kappa shape index (κ1) is 27.3. The van der Waals surface area contributed by atoms with Gasteiger partial charge in [0.15, 0.2) is 0 Å². The van der Waals surface area contributed by atoms with Gasteiger partial charge in [-0.15, -0.1) is 0 Å². The highest BCUT2D eigenvalue weighted by Crippen LogP contribution is 2.52. The van der Waals surface area contributed by atoms with E-state index in [1.54, 1.807) is 0 Å². The van der Waals surface area contributed by atoms with Gasteiger partial charge < -0.3 is 13.6 Å². The van der Waals surface area contributed by atoms with E-state index in [0.717, 1.165) is 91.7 Å². The van der Waals surface area contributed by atoms with Crippen LogP contribution in [0.15, 0.2) is 72.8 Å². The summed E-state index contributed by atoms with van der Waals surface area (Å²) in [4.78, 5) is 0. The van der Waals surface area contributed by atoms with E-state index in [1.807, 2.05) is 54.6 Å². The number of unbranched alkanes of at least 4 members (excludes halogenated alkanes) is 3. The lowest BCUT2D eigenvalue weighted by atomic mass is 10.1. The molecule has 35 heavy (non-hydrogen) atoms. The average Bonchev–Trinajstić information content (AvgIpc) is 2.87. The quantitative estimate of drug-likeness (QED) is 0.190. The third-order valence-corrected chi connectivity index (χ3v) is 7.88. The van der Waals surface area contributed by atoms with Gasteiger partial charge in [0, 0.05) is 11.8 Å². The van der Waals surface area contributed by atoms with Crippen LogP contribution in [0.5, 0.6) is 17.2 Å². The predicted molar refractivity (Wildman–Crippen MR) is 151 cm³/mol. The number of rotatable bonds is 15. The average molecular weight is 511 g/mol. The summed E-state index contributed by atoms with van der Waals surface area (Å²) in [5.74, 6) is 2.25. The van der Waals surface area contributed by atoms with E-state index >= 15 is 0 Å². The van der Waals surface area contributed by atoms with Crippen molar-refractivity contribution in [2.45, 2.75) is 78.6 Å². The second kappa shape index (κ2) is 14.3. The molecule has 188 valence electrons. The van der Waals surface area contributed by atoms with Crippen LogP contribution in [0.3, 0.4) is 0 Å². The Bertz CT molecular complexity index is 962. The molecule has 0 spiro atoms. The third kappa shape index (κ3) is 8.40. The van der Waals surface area contributed by atoms with Crippen molar-refractivity contribution in [1.82, 2.24) is 0 Å². The van der Waals surface area contributed by atoms with Gasteiger partial charge in [-0.05, 0) is 73.4 Å². The molecule has 0 unspecified atom stereocenters. The minimum Gasteiger partial charge on any atom is -0.407 e. The first-order chi connectivity index (χ1) is 17.1. The number of hydrogen-bond donors (Lipinski definition) is 0. The smallest absolute Gasteiger partial charge is 0.407 e. The van der Waals surface area contributed by atoms with E-state index in [0.29, 0.717) is 0 Å². The molecule has 3 aromatic rings. The molecule has 0 saturated heterocycles. The van der Waals surface area contributed by atoms with Gasteiger partial charge in [0.25, 0.3) is 0 Å². The molecule has 0 saturated carbocycles. The van der Waals surface area contributed by atoms with Gasteiger partial charge >= 0.3 is 6.72 Å². The highest BCUT2D eigenvalue weighted by atomic mass is 32.5. The summed E-state index contributed by atoms with van der Waals surface area (Å²) < 4.78 is 19.6. The topological polar surface area (TPSA) is 27.7 Å². The summed E-state index contributed by atoms with van der Waals surface area (Å²) in [6.07, 6.45) is 9.41. The minimum atomic E-state index is -3.23. The molecule has 5 heteroatoms. The molecular formula is C30H39O3PS. The zero-order chi connectivity index (χ0) is 24.9. The van der Waals surface area contributed by atoms with E-state index in [4.69, 9.17) is 25.4 Å². The van der Waals surface area contributed by atoms with E-state index in [2.05, 4.69) is 39.0 Å². The van der Waals surface area contributed by atoms with Gasteiger partial charge in [-0.3, -0.25) is 0 Å². The summed E-state index contributed by atoms with van der Waals surface area (Å²) in [5.41, 5.74) is 3.40. The lowest BCUT2D eigenvalue weighted by molar-refractivity contribution is 0.378. The van der Waals surface area contributed by atoms with Crippen molar-refractivity contribution >= 4 is 18.5 Å². The molecular weight excluding hydrogens is 471 g/mol. The van der Waals surface area contributed by atoms with E-state index in [9.17, 15) is 0 Å². The summed E-state index contributed by atoms with van der Waals surface area (Å²) in [6.45, 7) is 3.36. The Morgan fingerprint density at radius 3 is 1.09 bits per heavy atom. The second-order valence-electron chi connectivity index (χ2n) is 8.85. The summed E-state index contributed by atoms with van der Waals surface area (Å²) in [7, 11) is 0. The molecule has 0 amide bonds. The normalized spacial score (nSPS) is 11.3. The Kier molecular flexibility index (Phi) is 11.2. The molecule has 0 N–H and O–H groups in total. The molecule has 0 aliphatic carbocycles. The number of aryl methyl sites for hydroxylation is 3. The van der Waals surface area contributed by atoms with Crippen molar-refractivity contribution in [3.63, 3.8) is 0 Å². The van der Waals surface area contributed by atoms with Crippen LogP contribution in [-0.2, 0) is 31.1 Å². The van der Waals surface area contributed by atoms with Crippen LogP contribution in [0.25, 0.3) is 0 Å². The lowest BCUT2D eigenvalue weighted by Crippen LogP contribution is -2.10. The van der Waals surface area contributed by atoms with Crippen LogP contribution in [0.2, 0.25) is 0 Å². The van der Waals surface area contributed by atoms with Crippen LogP contribution >= 0.6 is 6.72 Å². The Morgan fingerprint density at radius 1 is 0.514 bits per heavy atom. The Labute approximate surface area is 217 Å². The SMILES string of the molecule is CCCCc1ccccc1OP(=S)(Oc1ccccc1CCCC)Oc1ccccc1CCCC. The zero-order valence-corrected chi connectivity index (χ0v) is 23.1. The molecule has 3 rings (SSSR count). The standard InChI is InChI=1S/C30H39O3PS/c1-4-7-16-25-19-10-13-22-28(25)31-34(35,32-29-23-14-11-20-26(29)17-8-5-2)33-30-24-15-12-21-27(30)18-9-6-3/h10-15,19-24H,4-9,16-18H2,1-3H3. The zero-order valence-electron chi connectivity index (χ0n) is 21.4. The molecule has 0 heterocycles. The van der Waals surface area contributed by atoms with E-state index in [1.165, 1.54) is 0 Å². The molecule has 0 bridgehead atoms. The highest BCUT2D eigenvalue weighted by molar-refractivity contribution is 8.08. The Hall–Kier alpha value is -2.29. The number of benzene rings is 3. The maximum atomic E-state index is 6.54. The van der Waals surface area contributed by atoms with Crippen molar-refractivity contribution < 1.29 is 13.6 Å². The fourth-order valence-electron chi connectivity index (χ4n) is 3.92. The molecule has 0 aliphatic heterocycles. The summed E-state index contributed by atoms with van der Waals surface area (Å²) >= 11 is 6.11. The molecule has 0 aliphatic rings. The Balaban J connectivity index is 1.98. The fourth-order valence-corrected chi connectivity index (χ4v) is 6.01. The minimum absolute atomic E-state index is 0.751. The monoisotopic (exact) mass is 510 g/mol. The van der Waals surface area contributed by atoms with Crippen molar-refractivity contribution in [3.8, 4) is 17.2 Å².